The second kappa shape index (κ2) is 4.22. The third-order valence-corrected chi connectivity index (χ3v) is 2.46. The van der Waals surface area contributed by atoms with Crippen LogP contribution in [0.2, 0.25) is 0 Å². The van der Waals surface area contributed by atoms with Gasteiger partial charge < -0.3 is 0 Å². The molecule has 0 saturated heterocycles. The first-order valence-corrected chi connectivity index (χ1v) is 5.13. The molecular formula is C13H14N2. The maximum atomic E-state index is 4.21. The molecule has 2 aromatic rings. The van der Waals surface area contributed by atoms with Crippen LogP contribution in [0.25, 0.3) is 11.3 Å². The highest BCUT2D eigenvalue weighted by atomic mass is 14.8. The molecule has 1 heterocycles. The van der Waals surface area contributed by atoms with Gasteiger partial charge in [0.1, 0.15) is 6.33 Å². The molecule has 0 bridgehead atoms. The second-order valence-corrected chi connectivity index (χ2v) is 3.87. The van der Waals surface area contributed by atoms with Crippen LogP contribution in [0.3, 0.4) is 0 Å². The van der Waals surface area contributed by atoms with E-state index in [2.05, 4.69) is 48.1 Å². The molecule has 2 rings (SSSR count). The summed E-state index contributed by atoms with van der Waals surface area (Å²) in [5, 5.41) is 0. The Bertz CT molecular complexity index is 418. The van der Waals surface area contributed by atoms with Gasteiger partial charge in [-0.05, 0) is 17.5 Å². The maximum Gasteiger partial charge on any atom is 0.116 e. The molecule has 0 radical (unpaired) electrons. The van der Waals surface area contributed by atoms with Gasteiger partial charge in [-0.25, -0.2) is 9.97 Å². The van der Waals surface area contributed by atoms with E-state index in [1.807, 2.05) is 6.07 Å². The molecule has 0 atom stereocenters. The fourth-order valence-corrected chi connectivity index (χ4v) is 1.50. The molecule has 0 amide bonds. The Labute approximate surface area is 90.0 Å². The van der Waals surface area contributed by atoms with Gasteiger partial charge in [0.25, 0.3) is 0 Å². The lowest BCUT2D eigenvalue weighted by atomic mass is 10.0. The maximum absolute atomic E-state index is 4.21. The van der Waals surface area contributed by atoms with Crippen LogP contribution in [0.1, 0.15) is 25.3 Å². The third kappa shape index (κ3) is 2.21. The summed E-state index contributed by atoms with van der Waals surface area (Å²) in [5.74, 6) is 0.574. The zero-order chi connectivity index (χ0) is 10.7. The first-order valence-electron chi connectivity index (χ1n) is 5.13. The quantitative estimate of drug-likeness (QED) is 0.740. The number of nitrogens with zero attached hydrogens (tertiary/aromatic N) is 2. The van der Waals surface area contributed by atoms with Crippen molar-refractivity contribution >= 4 is 0 Å². The molecule has 2 heteroatoms. The topological polar surface area (TPSA) is 25.8 Å². The van der Waals surface area contributed by atoms with Gasteiger partial charge in [0.05, 0.1) is 5.69 Å². The Balaban J connectivity index is 2.32. The number of hydrogen-bond acceptors (Lipinski definition) is 2. The van der Waals surface area contributed by atoms with Crippen molar-refractivity contribution in [1.29, 1.82) is 0 Å². The van der Waals surface area contributed by atoms with Crippen LogP contribution in [0.15, 0.2) is 42.9 Å². The summed E-state index contributed by atoms with van der Waals surface area (Å²) in [7, 11) is 0. The van der Waals surface area contributed by atoms with Crippen molar-refractivity contribution in [3.63, 3.8) is 0 Å². The molecule has 0 aliphatic rings. The summed E-state index contributed by atoms with van der Waals surface area (Å²) >= 11 is 0. The normalized spacial score (nSPS) is 10.6. The van der Waals surface area contributed by atoms with E-state index in [-0.39, 0.29) is 0 Å². The van der Waals surface area contributed by atoms with Crippen molar-refractivity contribution < 1.29 is 0 Å². The lowest BCUT2D eigenvalue weighted by molar-refractivity contribution is 0.867. The van der Waals surface area contributed by atoms with Gasteiger partial charge >= 0.3 is 0 Å². The van der Waals surface area contributed by atoms with Crippen LogP contribution in [0, 0.1) is 0 Å². The number of hydrogen-bond donors (Lipinski definition) is 0. The van der Waals surface area contributed by atoms with E-state index >= 15 is 0 Å². The smallest absolute Gasteiger partial charge is 0.116 e. The molecule has 0 saturated carbocycles. The minimum atomic E-state index is 0.574. The van der Waals surface area contributed by atoms with Gasteiger partial charge in [-0.2, -0.15) is 0 Å². The minimum Gasteiger partial charge on any atom is -0.245 e. The number of aromatic nitrogens is 2. The Hall–Kier alpha value is -1.70. The molecule has 0 spiro atoms. The van der Waals surface area contributed by atoms with E-state index in [1.165, 1.54) is 5.56 Å². The van der Waals surface area contributed by atoms with Crippen LogP contribution in [0.4, 0.5) is 0 Å². The van der Waals surface area contributed by atoms with Crippen molar-refractivity contribution in [3.05, 3.63) is 48.4 Å². The molecular weight excluding hydrogens is 184 g/mol. The lowest BCUT2D eigenvalue weighted by Gasteiger charge is -2.06. The van der Waals surface area contributed by atoms with Crippen LogP contribution in [-0.2, 0) is 0 Å². The molecule has 15 heavy (non-hydrogen) atoms. The van der Waals surface area contributed by atoms with E-state index in [9.17, 15) is 0 Å². The molecule has 76 valence electrons. The van der Waals surface area contributed by atoms with Gasteiger partial charge in [0.2, 0.25) is 0 Å². The van der Waals surface area contributed by atoms with Crippen molar-refractivity contribution in [2.75, 3.05) is 0 Å². The summed E-state index contributed by atoms with van der Waals surface area (Å²) in [6.45, 7) is 4.39. The average Bonchev–Trinajstić information content (AvgIpc) is 2.30. The highest BCUT2D eigenvalue weighted by Crippen LogP contribution is 2.20. The van der Waals surface area contributed by atoms with Crippen LogP contribution >= 0.6 is 0 Å². The van der Waals surface area contributed by atoms with Crippen molar-refractivity contribution in [2.24, 2.45) is 0 Å². The largest absolute Gasteiger partial charge is 0.245 e. The highest BCUT2D eigenvalue weighted by molar-refractivity contribution is 5.58. The first kappa shape index (κ1) is 9.84. The van der Waals surface area contributed by atoms with Crippen molar-refractivity contribution in [1.82, 2.24) is 9.97 Å². The monoisotopic (exact) mass is 198 g/mol. The van der Waals surface area contributed by atoms with E-state index in [4.69, 9.17) is 0 Å². The summed E-state index contributed by atoms with van der Waals surface area (Å²) < 4.78 is 0. The van der Waals surface area contributed by atoms with E-state index < -0.39 is 0 Å². The summed E-state index contributed by atoms with van der Waals surface area (Å²) in [6.07, 6.45) is 3.34. The molecule has 1 aromatic carbocycles. The Morgan fingerprint density at radius 2 is 1.73 bits per heavy atom. The number of rotatable bonds is 2. The summed E-state index contributed by atoms with van der Waals surface area (Å²) in [6, 6.07) is 10.4. The predicted molar refractivity (Wildman–Crippen MR) is 61.6 cm³/mol. The Morgan fingerprint density at radius 1 is 1.00 bits per heavy atom. The van der Waals surface area contributed by atoms with E-state index in [1.54, 1.807) is 12.5 Å². The highest BCUT2D eigenvalue weighted by Gasteiger charge is 2.00. The zero-order valence-electron chi connectivity index (χ0n) is 9.01. The van der Waals surface area contributed by atoms with E-state index in [0.717, 1.165) is 11.3 Å². The van der Waals surface area contributed by atoms with Gasteiger partial charge in [0, 0.05) is 11.8 Å². The fraction of sp³-hybridized carbons (Fsp3) is 0.231. The molecule has 0 aliphatic heterocycles. The van der Waals surface area contributed by atoms with Gasteiger partial charge in [0.15, 0.2) is 0 Å². The third-order valence-electron chi connectivity index (χ3n) is 2.46. The van der Waals surface area contributed by atoms with Crippen molar-refractivity contribution in [3.8, 4) is 11.3 Å². The van der Waals surface area contributed by atoms with Crippen LogP contribution in [0.5, 0.6) is 0 Å². The van der Waals surface area contributed by atoms with Gasteiger partial charge in [-0.1, -0.05) is 38.1 Å². The molecule has 1 aromatic heterocycles. The Kier molecular flexibility index (Phi) is 2.77. The minimum absolute atomic E-state index is 0.574. The SMILES string of the molecule is CC(C)c1ccc(-c2ccncn2)cc1. The zero-order valence-corrected chi connectivity index (χ0v) is 9.01. The Morgan fingerprint density at radius 3 is 2.27 bits per heavy atom. The van der Waals surface area contributed by atoms with E-state index in [0.29, 0.717) is 5.92 Å². The summed E-state index contributed by atoms with van der Waals surface area (Å²) in [5.41, 5.74) is 3.47. The molecule has 0 aliphatic carbocycles. The molecule has 2 nitrogen and oxygen atoms in total. The molecule has 0 fully saturated rings. The summed E-state index contributed by atoms with van der Waals surface area (Å²) in [4.78, 5) is 8.12. The average molecular weight is 198 g/mol. The predicted octanol–water partition coefficient (Wildman–Crippen LogP) is 3.27. The lowest BCUT2D eigenvalue weighted by Crippen LogP contribution is -1.88. The van der Waals surface area contributed by atoms with Gasteiger partial charge in [-0.15, -0.1) is 0 Å². The number of benzene rings is 1. The second-order valence-electron chi connectivity index (χ2n) is 3.87. The van der Waals surface area contributed by atoms with Gasteiger partial charge in [-0.3, -0.25) is 0 Å². The molecule has 0 N–H and O–H groups in total. The standard InChI is InChI=1S/C13H14N2/c1-10(2)11-3-5-12(6-4-11)13-7-8-14-9-15-13/h3-10H,1-2H3. The van der Waals surface area contributed by atoms with Crippen molar-refractivity contribution in [2.45, 2.75) is 19.8 Å². The molecule has 0 unspecified atom stereocenters. The van der Waals surface area contributed by atoms with Crippen LogP contribution in [-0.4, -0.2) is 9.97 Å². The fourth-order valence-electron chi connectivity index (χ4n) is 1.50. The first-order chi connectivity index (χ1) is 7.27. The van der Waals surface area contributed by atoms with Crippen LogP contribution < -0.4 is 0 Å².